The molecular formula is C18H13BrFN5O. The Hall–Kier alpha value is -2.87. The van der Waals surface area contributed by atoms with Crippen molar-refractivity contribution in [2.45, 2.75) is 13.8 Å². The SMILES string of the molecule is Cc1ccc(-c2noc(-c3nnn(-c4ccc(Br)cc4F)c3C)n2)cc1. The van der Waals surface area contributed by atoms with E-state index in [2.05, 4.69) is 36.4 Å². The Morgan fingerprint density at radius 3 is 2.58 bits per heavy atom. The first-order valence-electron chi connectivity index (χ1n) is 7.82. The highest BCUT2D eigenvalue weighted by atomic mass is 79.9. The summed E-state index contributed by atoms with van der Waals surface area (Å²) in [5.41, 5.74) is 3.30. The fourth-order valence-electron chi connectivity index (χ4n) is 2.55. The molecule has 0 bridgehead atoms. The molecule has 0 aliphatic rings. The van der Waals surface area contributed by atoms with Crippen molar-refractivity contribution in [3.8, 4) is 28.7 Å². The summed E-state index contributed by atoms with van der Waals surface area (Å²) >= 11 is 3.24. The Bertz CT molecular complexity index is 1090. The van der Waals surface area contributed by atoms with E-state index in [-0.39, 0.29) is 5.89 Å². The van der Waals surface area contributed by atoms with Crippen LogP contribution in [0.5, 0.6) is 0 Å². The van der Waals surface area contributed by atoms with Crippen molar-refractivity contribution in [3.63, 3.8) is 0 Å². The van der Waals surface area contributed by atoms with Crippen LogP contribution in [-0.4, -0.2) is 25.1 Å². The summed E-state index contributed by atoms with van der Waals surface area (Å²) in [6, 6.07) is 12.5. The number of hydrogen-bond donors (Lipinski definition) is 0. The normalized spacial score (nSPS) is 11.1. The molecule has 6 nitrogen and oxygen atoms in total. The van der Waals surface area contributed by atoms with E-state index < -0.39 is 5.82 Å². The molecular weight excluding hydrogens is 401 g/mol. The summed E-state index contributed by atoms with van der Waals surface area (Å²) in [4.78, 5) is 4.39. The molecule has 0 saturated heterocycles. The third-order valence-electron chi connectivity index (χ3n) is 3.97. The largest absolute Gasteiger partial charge is 0.332 e. The quantitative estimate of drug-likeness (QED) is 0.494. The first-order valence-corrected chi connectivity index (χ1v) is 8.61. The van der Waals surface area contributed by atoms with Crippen molar-refractivity contribution in [2.24, 2.45) is 0 Å². The lowest BCUT2D eigenvalue weighted by atomic mass is 10.1. The van der Waals surface area contributed by atoms with E-state index >= 15 is 0 Å². The van der Waals surface area contributed by atoms with E-state index in [9.17, 15) is 4.39 Å². The fraction of sp³-hybridized carbons (Fsp3) is 0.111. The number of halogens is 2. The lowest BCUT2D eigenvalue weighted by Crippen LogP contribution is -2.02. The Kier molecular flexibility index (Phi) is 4.12. The summed E-state index contributed by atoms with van der Waals surface area (Å²) in [5.74, 6) is 0.287. The molecule has 0 radical (unpaired) electrons. The second kappa shape index (κ2) is 6.45. The van der Waals surface area contributed by atoms with Crippen LogP contribution in [-0.2, 0) is 0 Å². The van der Waals surface area contributed by atoms with Crippen molar-refractivity contribution in [1.29, 1.82) is 0 Å². The molecule has 0 atom stereocenters. The molecule has 0 aliphatic heterocycles. The van der Waals surface area contributed by atoms with Crippen LogP contribution in [0.3, 0.4) is 0 Å². The van der Waals surface area contributed by atoms with Gasteiger partial charge >= 0.3 is 0 Å². The minimum atomic E-state index is -0.412. The average molecular weight is 414 g/mol. The summed E-state index contributed by atoms with van der Waals surface area (Å²) in [5, 5.41) is 12.1. The number of hydrogen-bond acceptors (Lipinski definition) is 5. The summed E-state index contributed by atoms with van der Waals surface area (Å²) in [7, 11) is 0. The first-order chi connectivity index (χ1) is 12.5. The van der Waals surface area contributed by atoms with Crippen molar-refractivity contribution in [1.82, 2.24) is 25.1 Å². The molecule has 130 valence electrons. The smallest absolute Gasteiger partial charge is 0.280 e. The number of aryl methyl sites for hydroxylation is 1. The Morgan fingerprint density at radius 1 is 1.08 bits per heavy atom. The lowest BCUT2D eigenvalue weighted by Gasteiger charge is -2.04. The molecule has 0 fully saturated rings. The van der Waals surface area contributed by atoms with Gasteiger partial charge in [-0.15, -0.1) is 5.10 Å². The van der Waals surface area contributed by atoms with E-state index in [0.29, 0.717) is 27.4 Å². The Labute approximate surface area is 156 Å². The van der Waals surface area contributed by atoms with Gasteiger partial charge in [-0.2, -0.15) is 4.98 Å². The second-order valence-electron chi connectivity index (χ2n) is 5.82. The average Bonchev–Trinajstić information content (AvgIpc) is 3.23. The molecule has 0 N–H and O–H groups in total. The van der Waals surface area contributed by atoms with Crippen LogP contribution >= 0.6 is 15.9 Å². The minimum absolute atomic E-state index is 0.238. The van der Waals surface area contributed by atoms with E-state index in [4.69, 9.17) is 4.52 Å². The zero-order chi connectivity index (χ0) is 18.3. The van der Waals surface area contributed by atoms with Gasteiger partial charge < -0.3 is 4.52 Å². The van der Waals surface area contributed by atoms with Crippen molar-refractivity contribution in [3.05, 3.63) is 64.0 Å². The molecule has 0 aliphatic carbocycles. The van der Waals surface area contributed by atoms with Crippen LogP contribution in [0.1, 0.15) is 11.3 Å². The maximum atomic E-state index is 14.2. The molecule has 0 saturated carbocycles. The van der Waals surface area contributed by atoms with Gasteiger partial charge in [0.1, 0.15) is 11.5 Å². The standard InChI is InChI=1S/C18H13BrFN5O/c1-10-3-5-12(6-4-10)17-21-18(26-23-17)16-11(2)25(24-22-16)15-8-7-13(19)9-14(15)20/h3-9H,1-2H3. The molecule has 0 amide bonds. The minimum Gasteiger partial charge on any atom is -0.332 e. The third kappa shape index (κ3) is 2.92. The molecule has 26 heavy (non-hydrogen) atoms. The highest BCUT2D eigenvalue weighted by Gasteiger charge is 2.20. The van der Waals surface area contributed by atoms with E-state index in [0.717, 1.165) is 11.1 Å². The van der Waals surface area contributed by atoms with E-state index in [1.807, 2.05) is 31.2 Å². The van der Waals surface area contributed by atoms with Crippen LogP contribution in [0.15, 0.2) is 51.5 Å². The van der Waals surface area contributed by atoms with Crippen molar-refractivity contribution in [2.75, 3.05) is 0 Å². The predicted octanol–water partition coefficient (Wildman–Crippen LogP) is 4.50. The predicted molar refractivity (Wildman–Crippen MR) is 97.2 cm³/mol. The maximum Gasteiger partial charge on any atom is 0.280 e. The van der Waals surface area contributed by atoms with E-state index in [1.54, 1.807) is 19.1 Å². The van der Waals surface area contributed by atoms with Crippen LogP contribution in [0, 0.1) is 19.7 Å². The topological polar surface area (TPSA) is 69.6 Å². The van der Waals surface area contributed by atoms with Gasteiger partial charge in [0.15, 0.2) is 5.69 Å². The Morgan fingerprint density at radius 2 is 1.85 bits per heavy atom. The number of nitrogens with zero attached hydrogens (tertiary/aromatic N) is 5. The van der Waals surface area contributed by atoms with Crippen LogP contribution in [0.25, 0.3) is 28.7 Å². The van der Waals surface area contributed by atoms with Crippen LogP contribution in [0.2, 0.25) is 0 Å². The highest BCUT2D eigenvalue weighted by Crippen LogP contribution is 2.26. The van der Waals surface area contributed by atoms with Crippen molar-refractivity contribution >= 4 is 15.9 Å². The van der Waals surface area contributed by atoms with Gasteiger partial charge in [-0.1, -0.05) is 56.1 Å². The fourth-order valence-corrected chi connectivity index (χ4v) is 2.88. The van der Waals surface area contributed by atoms with Crippen molar-refractivity contribution < 1.29 is 8.91 Å². The first kappa shape index (κ1) is 16.6. The zero-order valence-electron chi connectivity index (χ0n) is 13.9. The molecule has 2 aromatic carbocycles. The summed E-state index contributed by atoms with van der Waals surface area (Å²) in [6.07, 6.45) is 0. The molecule has 2 heterocycles. The Balaban J connectivity index is 1.72. The second-order valence-corrected chi connectivity index (χ2v) is 6.74. The number of rotatable bonds is 3. The van der Waals surface area contributed by atoms with Gasteiger partial charge in [-0.05, 0) is 32.0 Å². The number of benzene rings is 2. The summed E-state index contributed by atoms with van der Waals surface area (Å²) < 4.78 is 21.6. The van der Waals surface area contributed by atoms with Gasteiger partial charge in [0.2, 0.25) is 5.82 Å². The highest BCUT2D eigenvalue weighted by molar-refractivity contribution is 9.10. The molecule has 0 unspecified atom stereocenters. The number of aromatic nitrogens is 5. The lowest BCUT2D eigenvalue weighted by molar-refractivity contribution is 0.430. The zero-order valence-corrected chi connectivity index (χ0v) is 15.5. The molecule has 4 aromatic rings. The third-order valence-corrected chi connectivity index (χ3v) is 4.46. The maximum absolute atomic E-state index is 14.2. The summed E-state index contributed by atoms with van der Waals surface area (Å²) in [6.45, 7) is 3.78. The van der Waals surface area contributed by atoms with Gasteiger partial charge in [0.05, 0.1) is 5.69 Å². The van der Waals surface area contributed by atoms with E-state index in [1.165, 1.54) is 10.7 Å². The van der Waals surface area contributed by atoms with Crippen LogP contribution < -0.4 is 0 Å². The van der Waals surface area contributed by atoms with Gasteiger partial charge in [0, 0.05) is 10.0 Å². The monoisotopic (exact) mass is 413 g/mol. The van der Waals surface area contributed by atoms with Gasteiger partial charge in [0.25, 0.3) is 5.89 Å². The van der Waals surface area contributed by atoms with Gasteiger partial charge in [-0.25, -0.2) is 9.07 Å². The van der Waals surface area contributed by atoms with Crippen LogP contribution in [0.4, 0.5) is 4.39 Å². The molecule has 0 spiro atoms. The molecule has 8 heteroatoms. The van der Waals surface area contributed by atoms with Gasteiger partial charge in [-0.3, -0.25) is 0 Å². The molecule has 4 rings (SSSR count). The molecule has 2 aromatic heterocycles.